The van der Waals surface area contributed by atoms with Crippen molar-refractivity contribution in [3.05, 3.63) is 33.2 Å². The van der Waals surface area contributed by atoms with E-state index in [1.54, 1.807) is 6.92 Å². The highest BCUT2D eigenvalue weighted by Crippen LogP contribution is 2.45. The fourth-order valence-electron chi connectivity index (χ4n) is 4.74. The number of hydrogen-bond acceptors (Lipinski definition) is 9. The molecule has 168 valence electrons. The molecule has 10 heteroatoms. The zero-order valence-corrected chi connectivity index (χ0v) is 17.0. The van der Waals surface area contributed by atoms with Gasteiger partial charge in [0.25, 0.3) is 0 Å². The predicted molar refractivity (Wildman–Crippen MR) is 109 cm³/mol. The summed E-state index contributed by atoms with van der Waals surface area (Å²) in [7, 11) is 0. The van der Waals surface area contributed by atoms with Gasteiger partial charge in [0, 0.05) is 43.6 Å². The maximum Gasteiger partial charge on any atom is 0.321 e. The molecule has 1 aromatic carbocycles. The van der Waals surface area contributed by atoms with Gasteiger partial charge in [0.15, 0.2) is 5.43 Å². The van der Waals surface area contributed by atoms with Crippen molar-refractivity contribution in [1.29, 1.82) is 0 Å². The summed E-state index contributed by atoms with van der Waals surface area (Å²) in [6, 6.07) is 0.234. The fraction of sp³-hybridized carbons (Fsp3) is 0.524. The highest BCUT2D eigenvalue weighted by Gasteiger charge is 2.39. The number of aliphatic hydroxyl groups excluding tert-OH is 2. The summed E-state index contributed by atoms with van der Waals surface area (Å²) in [6.07, 6.45) is -1.23. The molecule has 31 heavy (non-hydrogen) atoms. The average molecular weight is 434 g/mol. The van der Waals surface area contributed by atoms with Gasteiger partial charge < -0.3 is 35.3 Å². The van der Waals surface area contributed by atoms with Crippen molar-refractivity contribution < 1.29 is 34.7 Å². The number of hydrogen-bond donors (Lipinski definition) is 6. The summed E-state index contributed by atoms with van der Waals surface area (Å²) in [6.45, 7) is 2.30. The monoisotopic (exact) mass is 434 g/mol. The van der Waals surface area contributed by atoms with Crippen LogP contribution in [0.25, 0.3) is 11.0 Å². The fourth-order valence-corrected chi connectivity index (χ4v) is 4.74. The molecule has 2 saturated heterocycles. The van der Waals surface area contributed by atoms with E-state index in [1.807, 2.05) is 0 Å². The smallest absolute Gasteiger partial charge is 0.321 e. The number of carboxylic acids is 1. The molecule has 4 unspecified atom stereocenters. The maximum atomic E-state index is 12.7. The number of benzene rings is 1. The number of phenolic OH excluding ortho intramolecular Hbond substituents is 2. The van der Waals surface area contributed by atoms with Gasteiger partial charge in [-0.05, 0) is 19.9 Å². The molecule has 10 nitrogen and oxygen atoms in total. The molecule has 2 aliphatic heterocycles. The van der Waals surface area contributed by atoms with E-state index in [-0.39, 0.29) is 53.9 Å². The number of aryl methyl sites for hydroxylation is 1. The molecular formula is C21H26N2O8. The highest BCUT2D eigenvalue weighted by molar-refractivity contribution is 5.90. The third kappa shape index (κ3) is 3.76. The Morgan fingerprint density at radius 1 is 1.29 bits per heavy atom. The molecule has 0 radical (unpaired) electrons. The first kappa shape index (κ1) is 21.6. The molecule has 1 aromatic heterocycles. The van der Waals surface area contributed by atoms with Gasteiger partial charge in [0.05, 0.1) is 17.8 Å². The van der Waals surface area contributed by atoms with Crippen LogP contribution in [-0.2, 0) is 11.3 Å². The van der Waals surface area contributed by atoms with Crippen LogP contribution in [-0.4, -0.2) is 74.3 Å². The van der Waals surface area contributed by atoms with Gasteiger partial charge in [-0.1, -0.05) is 0 Å². The Labute approximate surface area is 177 Å². The molecule has 4 rings (SSSR count). The summed E-state index contributed by atoms with van der Waals surface area (Å²) in [5.74, 6) is -2.20. The van der Waals surface area contributed by atoms with Gasteiger partial charge in [-0.15, -0.1) is 0 Å². The summed E-state index contributed by atoms with van der Waals surface area (Å²) in [5.41, 5.74) is -0.279. The van der Waals surface area contributed by atoms with Gasteiger partial charge in [-0.25, -0.2) is 0 Å². The van der Waals surface area contributed by atoms with E-state index in [4.69, 9.17) is 4.42 Å². The minimum Gasteiger partial charge on any atom is -0.507 e. The molecule has 0 aliphatic carbocycles. The lowest BCUT2D eigenvalue weighted by molar-refractivity contribution is -0.142. The van der Waals surface area contributed by atoms with Crippen molar-refractivity contribution in [2.24, 2.45) is 0 Å². The summed E-state index contributed by atoms with van der Waals surface area (Å²) in [4.78, 5) is 25.8. The number of aliphatic hydroxyl groups is 2. The zero-order chi connectivity index (χ0) is 22.4. The Morgan fingerprint density at radius 2 is 2.03 bits per heavy atom. The third-order valence-corrected chi connectivity index (χ3v) is 6.23. The number of nitrogens with zero attached hydrogens (tertiary/aromatic N) is 1. The number of likely N-dealkylation sites (tertiary alicyclic amines) is 1. The second kappa shape index (κ2) is 8.12. The Hall–Kier alpha value is -2.66. The second-order valence-electron chi connectivity index (χ2n) is 8.35. The summed E-state index contributed by atoms with van der Waals surface area (Å²) in [5, 5.41) is 55.0. The molecule has 4 atom stereocenters. The van der Waals surface area contributed by atoms with E-state index >= 15 is 0 Å². The Balaban J connectivity index is 1.92. The number of rotatable bonds is 4. The van der Waals surface area contributed by atoms with E-state index in [0.29, 0.717) is 18.7 Å². The first-order chi connectivity index (χ1) is 14.7. The number of nitrogens with one attached hydrogen (secondary N) is 1. The largest absolute Gasteiger partial charge is 0.507 e. The number of aromatic hydroxyl groups is 2. The number of fused-ring (bicyclic) bond motifs is 1. The van der Waals surface area contributed by atoms with E-state index in [9.17, 15) is 35.1 Å². The average Bonchev–Trinajstić information content (AvgIpc) is 3.06. The van der Waals surface area contributed by atoms with E-state index in [0.717, 1.165) is 0 Å². The van der Waals surface area contributed by atoms with Crippen molar-refractivity contribution in [3.8, 4) is 11.5 Å². The van der Waals surface area contributed by atoms with Gasteiger partial charge in [-0.3, -0.25) is 14.5 Å². The van der Waals surface area contributed by atoms with Gasteiger partial charge in [0.2, 0.25) is 0 Å². The van der Waals surface area contributed by atoms with Crippen LogP contribution in [0.15, 0.2) is 15.3 Å². The van der Waals surface area contributed by atoms with Crippen LogP contribution in [0.5, 0.6) is 11.5 Å². The standard InChI is InChI=1S/C21H26N2O8/c1-9-4-14(25)17-19(28)12(8-23-7-10(24)5-13(23)21(29)30)18(27)16(20(17)31-9)11-2-3-22-6-15(11)26/h4,10-11,13,15,22,24,26-28H,2-3,5-8H2,1H3,(H,29,30). The minimum atomic E-state index is -1.12. The first-order valence-corrected chi connectivity index (χ1v) is 10.2. The lowest BCUT2D eigenvalue weighted by Gasteiger charge is -2.31. The molecular weight excluding hydrogens is 408 g/mol. The van der Waals surface area contributed by atoms with Crippen molar-refractivity contribution in [3.63, 3.8) is 0 Å². The summed E-state index contributed by atoms with van der Waals surface area (Å²) >= 11 is 0. The quantitative estimate of drug-likeness (QED) is 0.385. The van der Waals surface area contributed by atoms with Crippen LogP contribution in [0.4, 0.5) is 0 Å². The topological polar surface area (TPSA) is 164 Å². The number of β-amino-alcohol motifs (C(OH)–C–C–N with tert-alkyl or cyclic N) is 2. The van der Waals surface area contributed by atoms with Gasteiger partial charge in [-0.2, -0.15) is 0 Å². The molecule has 0 amide bonds. The van der Waals surface area contributed by atoms with Crippen LogP contribution in [0.2, 0.25) is 0 Å². The Bertz CT molecular complexity index is 1080. The van der Waals surface area contributed by atoms with Gasteiger partial charge in [0.1, 0.15) is 34.3 Å². The molecule has 2 fully saturated rings. The molecule has 0 spiro atoms. The SMILES string of the molecule is Cc1cc(=O)c2c(O)c(CN3CC(O)CC3C(=O)O)c(O)c(C3CCNCC3O)c2o1. The number of piperidine rings is 1. The predicted octanol–water partition coefficient (Wildman–Crippen LogP) is -0.0298. The normalized spacial score (nSPS) is 27.1. The molecule has 6 N–H and O–H groups in total. The molecule has 0 bridgehead atoms. The van der Waals surface area contributed by atoms with Crippen LogP contribution in [0.3, 0.4) is 0 Å². The van der Waals surface area contributed by atoms with Crippen LogP contribution >= 0.6 is 0 Å². The number of aliphatic carboxylic acids is 1. The third-order valence-electron chi connectivity index (χ3n) is 6.23. The van der Waals surface area contributed by atoms with Crippen LogP contribution < -0.4 is 10.7 Å². The molecule has 2 aliphatic rings. The van der Waals surface area contributed by atoms with Gasteiger partial charge >= 0.3 is 5.97 Å². The lowest BCUT2D eigenvalue weighted by Crippen LogP contribution is -2.39. The zero-order valence-electron chi connectivity index (χ0n) is 17.0. The highest BCUT2D eigenvalue weighted by atomic mass is 16.4. The molecule has 0 saturated carbocycles. The van der Waals surface area contributed by atoms with E-state index < -0.39 is 41.3 Å². The minimum absolute atomic E-state index is 0.0194. The Morgan fingerprint density at radius 3 is 2.71 bits per heavy atom. The first-order valence-electron chi connectivity index (χ1n) is 10.2. The molecule has 2 aromatic rings. The number of carbonyl (C=O) groups is 1. The Kier molecular flexibility index (Phi) is 5.65. The second-order valence-corrected chi connectivity index (χ2v) is 8.35. The number of phenols is 2. The van der Waals surface area contributed by atoms with Crippen molar-refractivity contribution >= 4 is 16.9 Å². The van der Waals surface area contributed by atoms with Crippen molar-refractivity contribution in [2.45, 2.75) is 50.5 Å². The van der Waals surface area contributed by atoms with E-state index in [1.165, 1.54) is 11.0 Å². The van der Waals surface area contributed by atoms with E-state index in [2.05, 4.69) is 5.32 Å². The van der Waals surface area contributed by atoms with Crippen LogP contribution in [0.1, 0.15) is 35.6 Å². The van der Waals surface area contributed by atoms with Crippen LogP contribution in [0, 0.1) is 6.92 Å². The summed E-state index contributed by atoms with van der Waals surface area (Å²) < 4.78 is 5.74. The lowest BCUT2D eigenvalue weighted by atomic mass is 9.84. The molecule has 3 heterocycles. The number of carboxylic acid groups (broad SMARTS) is 1. The maximum absolute atomic E-state index is 12.7. The van der Waals surface area contributed by atoms with Crippen molar-refractivity contribution in [1.82, 2.24) is 10.2 Å². The van der Waals surface area contributed by atoms with Crippen molar-refractivity contribution in [2.75, 3.05) is 19.6 Å².